The first-order valence-electron chi connectivity index (χ1n) is 11.3. The number of ether oxygens (including phenoxy) is 3. The number of hydrogen-bond donors (Lipinski definition) is 2. The fraction of sp³-hybridized carbons (Fsp3) is 0.222. The lowest BCUT2D eigenvalue weighted by Gasteiger charge is -2.16. The van der Waals surface area contributed by atoms with Crippen molar-refractivity contribution in [2.24, 2.45) is 5.10 Å². The fourth-order valence-corrected chi connectivity index (χ4v) is 3.29. The molecule has 0 radical (unpaired) electrons. The summed E-state index contributed by atoms with van der Waals surface area (Å²) in [6.07, 6.45) is 1.03. The van der Waals surface area contributed by atoms with Gasteiger partial charge in [-0.1, -0.05) is 42.5 Å². The quantitative estimate of drug-likeness (QED) is 0.308. The molecule has 0 spiro atoms. The smallest absolute Gasteiger partial charge is 0.407 e. The van der Waals surface area contributed by atoms with Crippen molar-refractivity contribution in [3.05, 3.63) is 95.3 Å². The van der Waals surface area contributed by atoms with E-state index in [1.807, 2.05) is 30.3 Å². The molecule has 8 nitrogen and oxygen atoms in total. The van der Waals surface area contributed by atoms with Gasteiger partial charge in [-0.15, -0.1) is 0 Å². The van der Waals surface area contributed by atoms with E-state index in [0.29, 0.717) is 22.6 Å². The Bertz CT molecular complexity index is 1190. The third kappa shape index (κ3) is 8.12. The summed E-state index contributed by atoms with van der Waals surface area (Å²) in [5, 5.41) is 6.58. The Morgan fingerprint density at radius 2 is 1.78 bits per heavy atom. The predicted molar refractivity (Wildman–Crippen MR) is 134 cm³/mol. The number of carbonyl (C=O) groups excluding carboxylic acids is 2. The normalized spacial score (nSPS) is 11.5. The van der Waals surface area contributed by atoms with Gasteiger partial charge in [-0.2, -0.15) is 5.10 Å². The van der Waals surface area contributed by atoms with Crippen LogP contribution in [-0.4, -0.2) is 38.0 Å². The number of amides is 2. The third-order valence-corrected chi connectivity index (χ3v) is 5.03. The van der Waals surface area contributed by atoms with Gasteiger partial charge in [0.2, 0.25) is 0 Å². The van der Waals surface area contributed by atoms with Crippen LogP contribution >= 0.6 is 0 Å². The van der Waals surface area contributed by atoms with Crippen molar-refractivity contribution < 1.29 is 28.2 Å². The van der Waals surface area contributed by atoms with Gasteiger partial charge in [-0.25, -0.2) is 14.6 Å². The van der Waals surface area contributed by atoms with Gasteiger partial charge in [0.15, 0.2) is 11.5 Å². The Balaban J connectivity index is 1.63. The van der Waals surface area contributed by atoms with E-state index in [9.17, 15) is 14.0 Å². The molecule has 0 saturated heterocycles. The Morgan fingerprint density at radius 3 is 2.50 bits per heavy atom. The predicted octanol–water partition coefficient (Wildman–Crippen LogP) is 4.22. The number of rotatable bonds is 11. The summed E-state index contributed by atoms with van der Waals surface area (Å²) in [5.41, 5.74) is 4.66. The van der Waals surface area contributed by atoms with Crippen LogP contribution in [0.15, 0.2) is 77.9 Å². The van der Waals surface area contributed by atoms with Gasteiger partial charge in [-0.3, -0.25) is 4.79 Å². The summed E-state index contributed by atoms with van der Waals surface area (Å²) in [6, 6.07) is 19.7. The van der Waals surface area contributed by atoms with Crippen molar-refractivity contribution in [2.75, 3.05) is 13.7 Å². The second kappa shape index (κ2) is 13.5. The summed E-state index contributed by atoms with van der Waals surface area (Å²) in [4.78, 5) is 24.6. The average Bonchev–Trinajstić information content (AvgIpc) is 2.88. The second-order valence-electron chi connectivity index (χ2n) is 7.67. The zero-order valence-electron chi connectivity index (χ0n) is 20.1. The summed E-state index contributed by atoms with van der Waals surface area (Å²) >= 11 is 0. The zero-order valence-corrected chi connectivity index (χ0v) is 20.1. The average molecular weight is 494 g/mol. The molecule has 0 aliphatic rings. The minimum atomic E-state index is -0.878. The molecule has 2 amide bonds. The molecule has 3 aromatic carbocycles. The number of hydrazone groups is 1. The fourth-order valence-electron chi connectivity index (χ4n) is 3.29. The number of hydrogen-bond acceptors (Lipinski definition) is 6. The molecule has 2 N–H and O–H groups in total. The van der Waals surface area contributed by atoms with Gasteiger partial charge in [0.1, 0.15) is 18.5 Å². The zero-order chi connectivity index (χ0) is 25.8. The van der Waals surface area contributed by atoms with Crippen LogP contribution < -0.4 is 20.2 Å². The molecule has 0 fully saturated rings. The molecular weight excluding hydrogens is 465 g/mol. The number of benzene rings is 3. The number of methoxy groups -OCH3 is 1. The number of carbonyl (C=O) groups is 2. The van der Waals surface area contributed by atoms with Crippen molar-refractivity contribution in [1.82, 2.24) is 10.7 Å². The van der Waals surface area contributed by atoms with Crippen LogP contribution in [0.3, 0.4) is 0 Å². The summed E-state index contributed by atoms with van der Waals surface area (Å²) in [6.45, 7) is 2.05. The highest BCUT2D eigenvalue weighted by Crippen LogP contribution is 2.28. The first-order valence-corrected chi connectivity index (χ1v) is 11.3. The van der Waals surface area contributed by atoms with Gasteiger partial charge in [0.05, 0.1) is 19.9 Å². The van der Waals surface area contributed by atoms with Crippen LogP contribution in [0.5, 0.6) is 11.5 Å². The Labute approximate surface area is 209 Å². The van der Waals surface area contributed by atoms with Crippen LogP contribution in [0.2, 0.25) is 0 Å². The maximum atomic E-state index is 13.4. The largest absolute Gasteiger partial charge is 0.493 e. The van der Waals surface area contributed by atoms with E-state index < -0.39 is 18.0 Å². The van der Waals surface area contributed by atoms with E-state index in [-0.39, 0.29) is 25.5 Å². The van der Waals surface area contributed by atoms with Crippen molar-refractivity contribution >= 4 is 18.2 Å². The maximum Gasteiger partial charge on any atom is 0.407 e. The van der Waals surface area contributed by atoms with E-state index in [1.54, 1.807) is 37.3 Å². The van der Waals surface area contributed by atoms with Gasteiger partial charge < -0.3 is 19.5 Å². The van der Waals surface area contributed by atoms with E-state index >= 15 is 0 Å². The molecule has 3 aromatic rings. The molecule has 36 heavy (non-hydrogen) atoms. The lowest BCUT2D eigenvalue weighted by atomic mass is 10.1. The SMILES string of the molecule is CCOC(=O)N[C@H](Cc1ccccc1)C(=O)N/N=C\c1ccc(OCc2cccc(F)c2)c(OC)c1. The minimum Gasteiger partial charge on any atom is -0.493 e. The lowest BCUT2D eigenvalue weighted by Crippen LogP contribution is -2.47. The molecule has 1 atom stereocenters. The first-order chi connectivity index (χ1) is 17.5. The molecule has 0 heterocycles. The van der Waals surface area contributed by atoms with E-state index in [1.165, 1.54) is 25.5 Å². The Hall–Kier alpha value is -4.40. The van der Waals surface area contributed by atoms with E-state index in [2.05, 4.69) is 15.8 Å². The Morgan fingerprint density at radius 1 is 1.00 bits per heavy atom. The van der Waals surface area contributed by atoms with Crippen LogP contribution in [0, 0.1) is 5.82 Å². The lowest BCUT2D eigenvalue weighted by molar-refractivity contribution is -0.123. The van der Waals surface area contributed by atoms with Crippen molar-refractivity contribution in [1.29, 1.82) is 0 Å². The molecule has 0 saturated carbocycles. The summed E-state index contributed by atoms with van der Waals surface area (Å²) in [7, 11) is 1.50. The first kappa shape index (κ1) is 26.2. The van der Waals surface area contributed by atoms with Crippen LogP contribution in [0.1, 0.15) is 23.6 Å². The van der Waals surface area contributed by atoms with Gasteiger partial charge in [-0.05, 0) is 53.9 Å². The highest BCUT2D eigenvalue weighted by molar-refractivity contribution is 5.87. The molecule has 9 heteroatoms. The molecule has 3 rings (SSSR count). The molecule has 0 aliphatic carbocycles. The number of halogens is 1. The Kier molecular flexibility index (Phi) is 9.81. The summed E-state index contributed by atoms with van der Waals surface area (Å²) in [5.74, 6) is 0.0995. The second-order valence-corrected chi connectivity index (χ2v) is 7.67. The topological polar surface area (TPSA) is 98.2 Å². The molecule has 0 unspecified atom stereocenters. The van der Waals surface area contributed by atoms with Gasteiger partial charge in [0, 0.05) is 6.42 Å². The molecule has 0 aromatic heterocycles. The number of nitrogens with one attached hydrogen (secondary N) is 2. The van der Waals surface area contributed by atoms with E-state index in [4.69, 9.17) is 14.2 Å². The van der Waals surface area contributed by atoms with Crippen LogP contribution in [0.25, 0.3) is 0 Å². The van der Waals surface area contributed by atoms with Gasteiger partial charge in [0.25, 0.3) is 5.91 Å². The van der Waals surface area contributed by atoms with Crippen LogP contribution in [0.4, 0.5) is 9.18 Å². The van der Waals surface area contributed by atoms with E-state index in [0.717, 1.165) is 5.56 Å². The van der Waals surface area contributed by atoms with Crippen molar-refractivity contribution in [3.63, 3.8) is 0 Å². The van der Waals surface area contributed by atoms with Crippen molar-refractivity contribution in [3.8, 4) is 11.5 Å². The molecular formula is C27H28FN3O5. The number of nitrogens with zero attached hydrogens (tertiary/aromatic N) is 1. The van der Waals surface area contributed by atoms with Crippen molar-refractivity contribution in [2.45, 2.75) is 26.0 Å². The van der Waals surface area contributed by atoms with Gasteiger partial charge >= 0.3 is 6.09 Å². The molecule has 0 aliphatic heterocycles. The standard InChI is InChI=1S/C27H28FN3O5/c1-3-35-27(33)30-23(15-19-8-5-4-6-9-19)26(32)31-29-17-20-12-13-24(25(16-20)34-2)36-18-21-10-7-11-22(28)14-21/h4-14,16-17,23H,3,15,18H2,1-2H3,(H,30,33)(H,31,32)/b29-17-/t23-/m1/s1. The minimum absolute atomic E-state index is 0.174. The third-order valence-electron chi connectivity index (χ3n) is 5.03. The summed E-state index contributed by atoms with van der Waals surface area (Å²) < 4.78 is 29.4. The highest BCUT2D eigenvalue weighted by atomic mass is 19.1. The maximum absolute atomic E-state index is 13.4. The number of alkyl carbamates (subject to hydrolysis) is 1. The van der Waals surface area contributed by atoms with Crippen LogP contribution in [-0.2, 0) is 22.6 Å². The highest BCUT2D eigenvalue weighted by Gasteiger charge is 2.21. The molecule has 188 valence electrons. The molecule has 0 bridgehead atoms. The monoisotopic (exact) mass is 493 g/mol.